The van der Waals surface area contributed by atoms with Crippen LogP contribution in [0.5, 0.6) is 0 Å². The van der Waals surface area contributed by atoms with Crippen molar-refractivity contribution in [1.82, 2.24) is 9.55 Å². The van der Waals surface area contributed by atoms with Crippen LogP contribution in [0, 0.1) is 0 Å². The minimum Gasteiger partial charge on any atom is -0.379 e. The van der Waals surface area contributed by atoms with Crippen LogP contribution in [0.15, 0.2) is 21.9 Å². The number of hydrogen-bond donors (Lipinski definition) is 2. The van der Waals surface area contributed by atoms with Crippen molar-refractivity contribution in [1.29, 1.82) is 0 Å². The second kappa shape index (κ2) is 4.52. The third kappa shape index (κ3) is 2.26. The molecule has 1 aromatic rings. The molecule has 2 N–H and O–H groups in total. The first-order valence-corrected chi connectivity index (χ1v) is 5.78. The van der Waals surface area contributed by atoms with E-state index in [4.69, 9.17) is 4.74 Å². The summed E-state index contributed by atoms with van der Waals surface area (Å²) in [5, 5.41) is 8.54. The SMILES string of the molecule is O=c1ccn([C@H]2CC[C@@H](C(O)Br)O2)c(=O)[nH]1. The summed E-state index contributed by atoms with van der Waals surface area (Å²) in [5.74, 6) is 0. The van der Waals surface area contributed by atoms with Crippen molar-refractivity contribution in [3.8, 4) is 0 Å². The lowest BCUT2D eigenvalue weighted by Gasteiger charge is -2.16. The summed E-state index contributed by atoms with van der Waals surface area (Å²) in [6, 6.07) is 1.27. The molecule has 7 heteroatoms. The van der Waals surface area contributed by atoms with Crippen LogP contribution in [-0.4, -0.2) is 25.8 Å². The molecule has 3 atom stereocenters. The van der Waals surface area contributed by atoms with Gasteiger partial charge in [-0.05, 0) is 12.8 Å². The van der Waals surface area contributed by atoms with Crippen LogP contribution in [-0.2, 0) is 4.74 Å². The lowest BCUT2D eigenvalue weighted by Crippen LogP contribution is -2.32. The van der Waals surface area contributed by atoms with E-state index in [-0.39, 0.29) is 6.10 Å². The molecule has 1 saturated heterocycles. The Morgan fingerprint density at radius 3 is 2.88 bits per heavy atom. The Morgan fingerprint density at radius 2 is 2.31 bits per heavy atom. The number of nitrogens with one attached hydrogen (secondary N) is 1. The lowest BCUT2D eigenvalue weighted by molar-refractivity contribution is -0.0326. The Kier molecular flexibility index (Phi) is 3.27. The first-order valence-electron chi connectivity index (χ1n) is 4.87. The number of aliphatic hydroxyl groups excluding tert-OH is 1. The van der Waals surface area contributed by atoms with Gasteiger partial charge in [0.2, 0.25) is 0 Å². The molecule has 0 aliphatic carbocycles. The fraction of sp³-hybridized carbons (Fsp3) is 0.556. The summed E-state index contributed by atoms with van der Waals surface area (Å²) >= 11 is 3.02. The van der Waals surface area contributed by atoms with Gasteiger partial charge < -0.3 is 9.84 Å². The van der Waals surface area contributed by atoms with Crippen LogP contribution in [0.2, 0.25) is 0 Å². The molecule has 2 rings (SSSR count). The average Bonchev–Trinajstić information content (AvgIpc) is 2.66. The third-order valence-electron chi connectivity index (χ3n) is 2.50. The van der Waals surface area contributed by atoms with Crippen molar-refractivity contribution in [2.24, 2.45) is 0 Å². The van der Waals surface area contributed by atoms with Crippen molar-refractivity contribution < 1.29 is 9.84 Å². The normalized spacial score (nSPS) is 26.9. The molecule has 0 radical (unpaired) electrons. The number of H-pyrrole nitrogens is 1. The smallest absolute Gasteiger partial charge is 0.330 e. The predicted octanol–water partition coefficient (Wildman–Crippen LogP) is -0.0725. The summed E-state index contributed by atoms with van der Waals surface area (Å²) in [6.45, 7) is 0. The van der Waals surface area contributed by atoms with Gasteiger partial charge in [0.05, 0.1) is 6.10 Å². The van der Waals surface area contributed by atoms with E-state index in [0.29, 0.717) is 12.8 Å². The molecule has 1 fully saturated rings. The van der Waals surface area contributed by atoms with Gasteiger partial charge in [0.25, 0.3) is 5.56 Å². The van der Waals surface area contributed by atoms with Gasteiger partial charge in [-0.15, -0.1) is 0 Å². The van der Waals surface area contributed by atoms with Crippen LogP contribution in [0.1, 0.15) is 19.1 Å². The first kappa shape index (κ1) is 11.6. The van der Waals surface area contributed by atoms with Gasteiger partial charge in [-0.25, -0.2) is 4.79 Å². The summed E-state index contributed by atoms with van der Waals surface area (Å²) in [7, 11) is 0. The Morgan fingerprint density at radius 1 is 1.56 bits per heavy atom. The molecule has 0 bridgehead atoms. The minimum absolute atomic E-state index is 0.330. The van der Waals surface area contributed by atoms with E-state index in [1.165, 1.54) is 16.8 Å². The van der Waals surface area contributed by atoms with E-state index in [1.807, 2.05) is 0 Å². The maximum atomic E-state index is 11.5. The number of rotatable bonds is 2. The fourth-order valence-corrected chi connectivity index (χ4v) is 2.09. The number of alkyl halides is 1. The highest BCUT2D eigenvalue weighted by Gasteiger charge is 2.30. The second-order valence-electron chi connectivity index (χ2n) is 3.60. The van der Waals surface area contributed by atoms with Crippen molar-refractivity contribution >= 4 is 15.9 Å². The fourth-order valence-electron chi connectivity index (χ4n) is 1.71. The predicted molar refractivity (Wildman–Crippen MR) is 59.4 cm³/mol. The molecule has 0 saturated carbocycles. The second-order valence-corrected chi connectivity index (χ2v) is 4.53. The summed E-state index contributed by atoms with van der Waals surface area (Å²) in [5.41, 5.74) is -0.932. The molecule has 0 spiro atoms. The Labute approximate surface area is 99.0 Å². The summed E-state index contributed by atoms with van der Waals surface area (Å²) < 4.78 is 6.79. The zero-order chi connectivity index (χ0) is 11.7. The van der Waals surface area contributed by atoms with Gasteiger partial charge in [-0.2, -0.15) is 0 Å². The van der Waals surface area contributed by atoms with Crippen LogP contribution >= 0.6 is 15.9 Å². The van der Waals surface area contributed by atoms with E-state index in [9.17, 15) is 14.7 Å². The van der Waals surface area contributed by atoms with Crippen molar-refractivity contribution in [2.45, 2.75) is 30.2 Å². The Hall–Kier alpha value is -0.920. The summed E-state index contributed by atoms with van der Waals surface area (Å²) in [6.07, 6.45) is 1.92. The zero-order valence-corrected chi connectivity index (χ0v) is 9.88. The van der Waals surface area contributed by atoms with Gasteiger partial charge in [0, 0.05) is 12.3 Å². The van der Waals surface area contributed by atoms with Crippen molar-refractivity contribution in [2.75, 3.05) is 0 Å². The van der Waals surface area contributed by atoms with E-state index < -0.39 is 22.5 Å². The number of halogens is 1. The lowest BCUT2D eigenvalue weighted by atomic mass is 10.2. The number of aliphatic hydroxyl groups is 1. The highest BCUT2D eigenvalue weighted by atomic mass is 79.9. The van der Waals surface area contributed by atoms with E-state index >= 15 is 0 Å². The van der Waals surface area contributed by atoms with Gasteiger partial charge in [0.15, 0.2) is 0 Å². The number of aromatic nitrogens is 2. The van der Waals surface area contributed by atoms with E-state index in [2.05, 4.69) is 20.9 Å². The van der Waals surface area contributed by atoms with Crippen molar-refractivity contribution in [3.05, 3.63) is 33.1 Å². The number of aromatic amines is 1. The standard InChI is InChI=1S/C9H11BrN2O4/c10-8(14)5-1-2-7(16-5)12-4-3-6(13)11-9(12)15/h3-5,7-8,14H,1-2H2,(H,11,13,15)/t5-,7+,8?/m0/s1. The Balaban J connectivity index is 2.21. The van der Waals surface area contributed by atoms with Crippen molar-refractivity contribution in [3.63, 3.8) is 0 Å². The summed E-state index contributed by atoms with van der Waals surface area (Å²) in [4.78, 5) is 24.5. The van der Waals surface area contributed by atoms with Crippen LogP contribution < -0.4 is 11.2 Å². The number of hydrogen-bond acceptors (Lipinski definition) is 4. The maximum Gasteiger partial charge on any atom is 0.330 e. The van der Waals surface area contributed by atoms with Gasteiger partial charge in [0.1, 0.15) is 11.2 Å². The molecule has 1 aliphatic heterocycles. The average molecular weight is 291 g/mol. The number of ether oxygens (including phenoxy) is 1. The highest BCUT2D eigenvalue weighted by molar-refractivity contribution is 9.09. The molecule has 0 amide bonds. The molecule has 2 heterocycles. The quantitative estimate of drug-likeness (QED) is 0.747. The molecular formula is C9H11BrN2O4. The van der Waals surface area contributed by atoms with E-state index in [1.54, 1.807) is 0 Å². The molecule has 1 aliphatic rings. The molecule has 6 nitrogen and oxygen atoms in total. The topological polar surface area (TPSA) is 84.3 Å². The van der Waals surface area contributed by atoms with Crippen LogP contribution in [0.25, 0.3) is 0 Å². The third-order valence-corrected chi connectivity index (χ3v) is 3.09. The maximum absolute atomic E-state index is 11.5. The largest absolute Gasteiger partial charge is 0.379 e. The van der Waals surface area contributed by atoms with Gasteiger partial charge in [-0.1, -0.05) is 15.9 Å². The molecular weight excluding hydrogens is 280 g/mol. The minimum atomic E-state index is -0.740. The van der Waals surface area contributed by atoms with Gasteiger partial charge in [-0.3, -0.25) is 14.3 Å². The molecule has 16 heavy (non-hydrogen) atoms. The monoisotopic (exact) mass is 290 g/mol. The highest BCUT2D eigenvalue weighted by Crippen LogP contribution is 2.30. The first-order chi connectivity index (χ1) is 7.58. The van der Waals surface area contributed by atoms with Gasteiger partial charge >= 0.3 is 5.69 Å². The van der Waals surface area contributed by atoms with Crippen LogP contribution in [0.4, 0.5) is 0 Å². The zero-order valence-electron chi connectivity index (χ0n) is 8.30. The molecule has 1 aromatic heterocycles. The molecule has 88 valence electrons. The van der Waals surface area contributed by atoms with Crippen LogP contribution in [0.3, 0.4) is 0 Å². The molecule has 1 unspecified atom stereocenters. The molecule has 0 aromatic carbocycles. The van der Waals surface area contributed by atoms with E-state index in [0.717, 1.165) is 0 Å². The number of nitrogens with zero attached hydrogens (tertiary/aromatic N) is 1. The Bertz CT molecular complexity index is 481.